The van der Waals surface area contributed by atoms with Gasteiger partial charge in [0.1, 0.15) is 0 Å². The fraction of sp³-hybridized carbons (Fsp3) is 1.00. The lowest BCUT2D eigenvalue weighted by Crippen LogP contribution is -2.48. The zero-order valence-corrected chi connectivity index (χ0v) is 13.5. The summed E-state index contributed by atoms with van der Waals surface area (Å²) in [5.74, 6) is 0.595. The topological polar surface area (TPSA) is 61.4 Å². The molecule has 6 heteroatoms. The predicted octanol–water partition coefficient (Wildman–Crippen LogP) is 1.33. The smallest absolute Gasteiger partial charge is 0.279 e. The molecule has 1 atom stereocenters. The average Bonchev–Trinajstić information content (AvgIpc) is 2.36. The molecular formula is C13H29N3O2S. The van der Waals surface area contributed by atoms with Crippen molar-refractivity contribution >= 4 is 10.2 Å². The van der Waals surface area contributed by atoms with Gasteiger partial charge in [-0.2, -0.15) is 17.4 Å². The van der Waals surface area contributed by atoms with Crippen molar-refractivity contribution in [2.45, 2.75) is 59.0 Å². The highest BCUT2D eigenvalue weighted by molar-refractivity contribution is 7.87. The molecular weight excluding hydrogens is 262 g/mol. The average molecular weight is 291 g/mol. The normalized spacial score (nSPS) is 20.9. The third kappa shape index (κ3) is 5.77. The predicted molar refractivity (Wildman–Crippen MR) is 79.2 cm³/mol. The minimum Gasteiger partial charge on any atom is -0.314 e. The molecule has 0 bridgehead atoms. The second kappa shape index (κ2) is 7.57. The molecule has 0 amide bonds. The SMILES string of the molecule is CCC(C)NS(=O)(=O)N1CCC(CNC(C)C)CC1. The van der Waals surface area contributed by atoms with Gasteiger partial charge in [-0.25, -0.2) is 0 Å². The Morgan fingerprint density at radius 1 is 1.21 bits per heavy atom. The Labute approximate surface area is 118 Å². The van der Waals surface area contributed by atoms with E-state index in [1.54, 1.807) is 4.31 Å². The number of rotatable bonds is 7. The maximum atomic E-state index is 12.1. The largest absolute Gasteiger partial charge is 0.314 e. The van der Waals surface area contributed by atoms with E-state index in [1.807, 2.05) is 13.8 Å². The van der Waals surface area contributed by atoms with Gasteiger partial charge >= 0.3 is 0 Å². The van der Waals surface area contributed by atoms with Crippen LogP contribution in [-0.4, -0.2) is 44.4 Å². The first-order chi connectivity index (χ1) is 8.85. The van der Waals surface area contributed by atoms with Crippen LogP contribution in [0.1, 0.15) is 47.0 Å². The molecule has 1 fully saturated rings. The van der Waals surface area contributed by atoms with Gasteiger partial charge in [-0.15, -0.1) is 0 Å². The van der Waals surface area contributed by atoms with E-state index < -0.39 is 10.2 Å². The van der Waals surface area contributed by atoms with E-state index in [4.69, 9.17) is 0 Å². The summed E-state index contributed by atoms with van der Waals surface area (Å²) in [7, 11) is -3.29. The molecule has 1 unspecified atom stereocenters. The molecule has 1 heterocycles. The van der Waals surface area contributed by atoms with Gasteiger partial charge in [0.25, 0.3) is 10.2 Å². The Hall–Kier alpha value is -0.170. The lowest BCUT2D eigenvalue weighted by molar-refractivity contribution is 0.260. The summed E-state index contributed by atoms with van der Waals surface area (Å²) in [6, 6.07) is 0.499. The summed E-state index contributed by atoms with van der Waals surface area (Å²) in [4.78, 5) is 0. The first-order valence-corrected chi connectivity index (χ1v) is 8.80. The van der Waals surface area contributed by atoms with Crippen molar-refractivity contribution in [3.63, 3.8) is 0 Å². The van der Waals surface area contributed by atoms with E-state index in [9.17, 15) is 8.42 Å². The minimum atomic E-state index is -3.29. The standard InChI is InChI=1S/C13H29N3O2S/c1-5-12(4)15-19(17,18)16-8-6-13(7-9-16)10-14-11(2)3/h11-15H,5-10H2,1-4H3. The van der Waals surface area contributed by atoms with Crippen molar-refractivity contribution in [3.05, 3.63) is 0 Å². The number of hydrogen-bond donors (Lipinski definition) is 2. The van der Waals surface area contributed by atoms with Gasteiger partial charge < -0.3 is 5.32 Å². The summed E-state index contributed by atoms with van der Waals surface area (Å²) in [6.07, 6.45) is 2.70. The maximum absolute atomic E-state index is 12.1. The zero-order chi connectivity index (χ0) is 14.5. The van der Waals surface area contributed by atoms with Crippen LogP contribution in [0.25, 0.3) is 0 Å². The molecule has 19 heavy (non-hydrogen) atoms. The zero-order valence-electron chi connectivity index (χ0n) is 12.6. The molecule has 1 rings (SSSR count). The van der Waals surface area contributed by atoms with Crippen LogP contribution in [0.15, 0.2) is 0 Å². The van der Waals surface area contributed by atoms with Gasteiger partial charge in [0.05, 0.1) is 0 Å². The first kappa shape index (κ1) is 16.9. The van der Waals surface area contributed by atoms with Crippen LogP contribution in [-0.2, 0) is 10.2 Å². The summed E-state index contributed by atoms with van der Waals surface area (Å²) in [6.45, 7) is 10.4. The van der Waals surface area contributed by atoms with E-state index >= 15 is 0 Å². The van der Waals surface area contributed by atoms with E-state index in [0.717, 1.165) is 25.8 Å². The molecule has 5 nitrogen and oxygen atoms in total. The quantitative estimate of drug-likeness (QED) is 0.744. The fourth-order valence-corrected chi connectivity index (χ4v) is 3.68. The molecule has 1 saturated heterocycles. The van der Waals surface area contributed by atoms with Gasteiger partial charge in [0, 0.05) is 25.2 Å². The molecule has 114 valence electrons. The number of nitrogens with zero attached hydrogens (tertiary/aromatic N) is 1. The van der Waals surface area contributed by atoms with Crippen molar-refractivity contribution in [1.29, 1.82) is 0 Å². The molecule has 1 aliphatic heterocycles. The third-order valence-electron chi connectivity index (χ3n) is 3.69. The van der Waals surface area contributed by atoms with Gasteiger partial charge in [-0.05, 0) is 38.6 Å². The van der Waals surface area contributed by atoms with Crippen molar-refractivity contribution in [2.75, 3.05) is 19.6 Å². The Morgan fingerprint density at radius 2 is 1.79 bits per heavy atom. The van der Waals surface area contributed by atoms with E-state index in [0.29, 0.717) is 25.0 Å². The molecule has 0 saturated carbocycles. The van der Waals surface area contributed by atoms with Gasteiger partial charge in [0.15, 0.2) is 0 Å². The summed E-state index contributed by atoms with van der Waals surface area (Å²) in [5, 5.41) is 3.43. The van der Waals surface area contributed by atoms with E-state index in [1.165, 1.54) is 0 Å². The van der Waals surface area contributed by atoms with Crippen molar-refractivity contribution < 1.29 is 8.42 Å². The van der Waals surface area contributed by atoms with Crippen LogP contribution in [0, 0.1) is 5.92 Å². The third-order valence-corrected chi connectivity index (χ3v) is 5.44. The molecule has 0 aromatic heterocycles. The van der Waals surface area contributed by atoms with Crippen molar-refractivity contribution in [1.82, 2.24) is 14.3 Å². The fourth-order valence-electron chi connectivity index (χ4n) is 2.17. The van der Waals surface area contributed by atoms with Crippen LogP contribution in [0.4, 0.5) is 0 Å². The monoisotopic (exact) mass is 291 g/mol. The maximum Gasteiger partial charge on any atom is 0.279 e. The summed E-state index contributed by atoms with van der Waals surface area (Å²) >= 11 is 0. The summed E-state index contributed by atoms with van der Waals surface area (Å²) in [5.41, 5.74) is 0. The summed E-state index contributed by atoms with van der Waals surface area (Å²) < 4.78 is 28.6. The second-order valence-corrected chi connectivity index (χ2v) is 7.54. The molecule has 0 aromatic rings. The van der Waals surface area contributed by atoms with Gasteiger partial charge in [-0.1, -0.05) is 20.8 Å². The van der Waals surface area contributed by atoms with Crippen LogP contribution < -0.4 is 10.0 Å². The van der Waals surface area contributed by atoms with Crippen LogP contribution >= 0.6 is 0 Å². The molecule has 0 spiro atoms. The van der Waals surface area contributed by atoms with Crippen LogP contribution in [0.2, 0.25) is 0 Å². The van der Waals surface area contributed by atoms with Crippen molar-refractivity contribution in [2.24, 2.45) is 5.92 Å². The second-order valence-electron chi connectivity index (χ2n) is 5.84. The molecule has 0 aliphatic carbocycles. The van der Waals surface area contributed by atoms with Gasteiger partial charge in [-0.3, -0.25) is 0 Å². The Kier molecular flexibility index (Phi) is 6.73. The highest BCUT2D eigenvalue weighted by atomic mass is 32.2. The van der Waals surface area contributed by atoms with E-state index in [-0.39, 0.29) is 6.04 Å². The van der Waals surface area contributed by atoms with Crippen LogP contribution in [0.3, 0.4) is 0 Å². The van der Waals surface area contributed by atoms with Crippen molar-refractivity contribution in [3.8, 4) is 0 Å². The number of nitrogens with one attached hydrogen (secondary N) is 2. The minimum absolute atomic E-state index is 0.00494. The number of piperidine rings is 1. The molecule has 0 radical (unpaired) electrons. The van der Waals surface area contributed by atoms with Gasteiger partial charge in [0.2, 0.25) is 0 Å². The lowest BCUT2D eigenvalue weighted by Gasteiger charge is -2.32. The highest BCUT2D eigenvalue weighted by Gasteiger charge is 2.28. The lowest BCUT2D eigenvalue weighted by atomic mass is 9.98. The molecule has 0 aromatic carbocycles. The molecule has 1 aliphatic rings. The number of hydrogen-bond acceptors (Lipinski definition) is 3. The Balaban J connectivity index is 2.40. The molecule has 2 N–H and O–H groups in total. The Bertz CT molecular complexity index is 349. The van der Waals surface area contributed by atoms with Crippen LogP contribution in [0.5, 0.6) is 0 Å². The Morgan fingerprint density at radius 3 is 2.26 bits per heavy atom. The highest BCUT2D eigenvalue weighted by Crippen LogP contribution is 2.18. The van der Waals surface area contributed by atoms with E-state index in [2.05, 4.69) is 23.9 Å². The first-order valence-electron chi connectivity index (χ1n) is 7.36.